The molecular weight excluding hydrogens is 1510 g/mol. The molecule has 0 aliphatic rings. The molecule has 0 aromatic carbocycles. The zero-order valence-electron chi connectivity index (χ0n) is 73.8. The molecule has 0 amide bonds. The highest BCUT2D eigenvalue weighted by Gasteiger charge is 2.29. The van der Waals surface area contributed by atoms with E-state index in [2.05, 4.69) is 191 Å². The normalized spacial score (nSPS) is 14.6. The molecule has 0 bridgehead atoms. The van der Waals surface area contributed by atoms with E-state index in [4.69, 9.17) is 32.3 Å². The van der Waals surface area contributed by atoms with Crippen LogP contribution in [0.25, 0.3) is 0 Å². The summed E-state index contributed by atoms with van der Waals surface area (Å²) in [6.07, 6.45) is 117. The molecule has 4 N–H and O–H groups in total. The van der Waals surface area contributed by atoms with Crippen LogP contribution in [0.2, 0.25) is 0 Å². The molecule has 16 nitrogen and oxygen atoms in total. The monoisotopic (exact) mass is 1680 g/mol. The molecule has 0 saturated heterocycles. The topological polar surface area (TPSA) is 231 Å². The van der Waals surface area contributed by atoms with Crippen molar-refractivity contribution < 1.29 is 75.8 Å². The molecule has 0 fully saturated rings. The molecular formula is C99H168O16P2. The summed E-state index contributed by atoms with van der Waals surface area (Å²) in [4.78, 5) is 59.0. The second kappa shape index (κ2) is 90.2. The quantitative estimate of drug-likeness (QED) is 0.0146. The number of hydrogen-bond donors (Lipinski definition) is 4. The van der Waals surface area contributed by atoms with Gasteiger partial charge in [0.05, 0.1) is 26.4 Å². The lowest BCUT2D eigenvalue weighted by atomic mass is 10.0. The van der Waals surface area contributed by atoms with Crippen LogP contribution in [0.1, 0.15) is 380 Å². The van der Waals surface area contributed by atoms with Crippen LogP contribution in [0.5, 0.6) is 0 Å². The zero-order valence-corrected chi connectivity index (χ0v) is 75.6. The van der Waals surface area contributed by atoms with Crippen molar-refractivity contribution in [2.45, 2.75) is 399 Å². The van der Waals surface area contributed by atoms with E-state index in [-0.39, 0.29) is 19.3 Å². The first-order chi connectivity index (χ1) is 57.2. The standard InChI is InChI=1S/C99H168O16P2/c1-4-7-10-13-16-19-22-25-28-31-34-37-40-42-43-44-45-46-47-48-49-51-54-55-58-61-64-67-70-73-76-79-82-85-97(102)109-88-94(100)89-111-116(105,106)112-90-95(101)91-113-117(107,108)114-93-96(115-99(104)87-84-81-78-75-72-69-66-63-60-57-52-39-36-33-30-27-24-21-18-15-12-9-6-3)92-110-98(103)86-83-80-77-74-71-68-65-62-59-56-53-50-41-38-35-32-29-26-23-20-17-14-11-8-5-2/h8-9,11-12,16-21,25-30,34-39,42-43,50,53,57,60,94-96,100-101H,4-7,10,13-15,22-24,31-33,40-41,44-49,51-52,54-56,58-59,61-93H2,1-3H3,(H,105,106)(H,107,108)/b11-8-,12-9-,19-16-,20-17-,21-18-,28-25-,29-26-,30-27-,37-34-,38-35-,39-36-,43-42-,53-50-,60-57-. The number of ether oxygens (including phenoxy) is 3. The number of esters is 3. The number of phosphoric acid groups is 2. The van der Waals surface area contributed by atoms with Gasteiger partial charge in [0.15, 0.2) is 6.10 Å². The largest absolute Gasteiger partial charge is 0.472 e. The highest BCUT2D eigenvalue weighted by atomic mass is 31.2. The van der Waals surface area contributed by atoms with E-state index in [1.807, 2.05) is 0 Å². The van der Waals surface area contributed by atoms with E-state index in [1.165, 1.54) is 141 Å². The number of hydrogen-bond acceptors (Lipinski definition) is 14. The fourth-order valence-electron chi connectivity index (χ4n) is 12.4. The predicted molar refractivity (Wildman–Crippen MR) is 491 cm³/mol. The third-order valence-corrected chi connectivity index (χ3v) is 21.3. The maximum atomic E-state index is 13.1. The lowest BCUT2D eigenvalue weighted by Crippen LogP contribution is -2.30. The minimum atomic E-state index is -4.95. The van der Waals surface area contributed by atoms with Gasteiger partial charge in [-0.3, -0.25) is 32.5 Å². The molecule has 0 radical (unpaired) electrons. The summed E-state index contributed by atoms with van der Waals surface area (Å²) in [6, 6.07) is 0. The Labute approximate surface area is 713 Å². The molecule has 0 rings (SSSR count). The Kier molecular flexibility index (Phi) is 86.2. The molecule has 5 unspecified atom stereocenters. The smallest absolute Gasteiger partial charge is 0.463 e. The van der Waals surface area contributed by atoms with Crippen molar-refractivity contribution in [1.82, 2.24) is 0 Å². The molecule has 0 heterocycles. The van der Waals surface area contributed by atoms with Gasteiger partial charge in [0.25, 0.3) is 0 Å². The van der Waals surface area contributed by atoms with Gasteiger partial charge in [-0.1, -0.05) is 377 Å². The van der Waals surface area contributed by atoms with Gasteiger partial charge in [-0.15, -0.1) is 0 Å². The highest BCUT2D eigenvalue weighted by Crippen LogP contribution is 2.45. The summed E-state index contributed by atoms with van der Waals surface area (Å²) < 4.78 is 61.5. The van der Waals surface area contributed by atoms with Crippen LogP contribution in [-0.2, 0) is 55.8 Å². The van der Waals surface area contributed by atoms with E-state index >= 15 is 0 Å². The summed E-state index contributed by atoms with van der Waals surface area (Å²) in [5.41, 5.74) is 0. The molecule has 0 saturated carbocycles. The molecule has 0 spiro atoms. The molecule has 117 heavy (non-hydrogen) atoms. The molecule has 18 heteroatoms. The first-order valence-corrected chi connectivity index (χ1v) is 49.4. The van der Waals surface area contributed by atoms with Gasteiger partial charge in [-0.2, -0.15) is 0 Å². The summed E-state index contributed by atoms with van der Waals surface area (Å²) in [7, 11) is -9.82. The van der Waals surface area contributed by atoms with Crippen LogP contribution >= 0.6 is 15.6 Å². The van der Waals surface area contributed by atoms with Gasteiger partial charge >= 0.3 is 33.6 Å². The van der Waals surface area contributed by atoms with E-state index in [9.17, 15) is 43.5 Å². The Bertz CT molecular complexity index is 2810. The zero-order chi connectivity index (χ0) is 85.1. The highest BCUT2D eigenvalue weighted by molar-refractivity contribution is 7.47. The number of phosphoric ester groups is 2. The van der Waals surface area contributed by atoms with E-state index in [1.54, 1.807) is 0 Å². The summed E-state index contributed by atoms with van der Waals surface area (Å²) >= 11 is 0. The van der Waals surface area contributed by atoms with Crippen LogP contribution in [0.3, 0.4) is 0 Å². The van der Waals surface area contributed by atoms with Crippen LogP contribution in [0, 0.1) is 0 Å². The van der Waals surface area contributed by atoms with Gasteiger partial charge in [0.1, 0.15) is 25.4 Å². The Morgan fingerprint density at radius 3 is 0.718 bits per heavy atom. The van der Waals surface area contributed by atoms with Crippen molar-refractivity contribution in [3.05, 3.63) is 170 Å². The van der Waals surface area contributed by atoms with Crippen molar-refractivity contribution in [2.75, 3.05) is 39.6 Å². The Morgan fingerprint density at radius 2 is 0.453 bits per heavy atom. The molecule has 0 aliphatic heterocycles. The number of rotatable bonds is 87. The van der Waals surface area contributed by atoms with Crippen molar-refractivity contribution in [1.29, 1.82) is 0 Å². The number of carbonyl (C=O) groups excluding carboxylic acids is 3. The summed E-state index contributed by atoms with van der Waals surface area (Å²) in [5.74, 6) is -1.59. The van der Waals surface area contributed by atoms with Crippen LogP contribution in [-0.4, -0.2) is 95.9 Å². The molecule has 5 atom stereocenters. The third kappa shape index (κ3) is 91.5. The lowest BCUT2D eigenvalue weighted by molar-refractivity contribution is -0.161. The minimum absolute atomic E-state index is 0.0850. The van der Waals surface area contributed by atoms with Gasteiger partial charge < -0.3 is 34.2 Å². The van der Waals surface area contributed by atoms with Crippen LogP contribution < -0.4 is 0 Å². The average molecular weight is 1680 g/mol. The fraction of sp³-hybridized carbons (Fsp3) is 0.687. The number of unbranched alkanes of at least 4 members (excludes halogenated alkanes) is 36. The maximum Gasteiger partial charge on any atom is 0.472 e. The van der Waals surface area contributed by atoms with Crippen molar-refractivity contribution >= 4 is 33.6 Å². The lowest BCUT2D eigenvalue weighted by Gasteiger charge is -2.21. The number of aliphatic hydroxyl groups excluding tert-OH is 2. The van der Waals surface area contributed by atoms with Gasteiger partial charge in [0, 0.05) is 19.3 Å². The SMILES string of the molecule is CC/C=C\C/C=C\C/C=C\C/C=C\C/C=C\CCCCCCCCCCCC(=O)OCC(COP(=O)(O)OCC(O)COP(=O)(O)OCC(O)COC(=O)CCCCCCCCCCCCCCCCCCC/C=C\C/C=C\C/C=C\C/C=C\CCCCC)OC(=O)CCCCCCCCC/C=C\C/C=C\C/C=C\C/C=C\C/C=C\CC. The van der Waals surface area contributed by atoms with Gasteiger partial charge in [0.2, 0.25) is 0 Å². The summed E-state index contributed by atoms with van der Waals surface area (Å²) in [5, 5.41) is 20.7. The maximum absolute atomic E-state index is 13.1. The first-order valence-electron chi connectivity index (χ1n) is 46.4. The molecule has 670 valence electrons. The predicted octanol–water partition coefficient (Wildman–Crippen LogP) is 28.7. The van der Waals surface area contributed by atoms with Crippen LogP contribution in [0.4, 0.5) is 0 Å². The Morgan fingerprint density at radius 1 is 0.248 bits per heavy atom. The third-order valence-electron chi connectivity index (χ3n) is 19.4. The van der Waals surface area contributed by atoms with Crippen molar-refractivity contribution in [3.63, 3.8) is 0 Å². The molecule has 0 aliphatic carbocycles. The fourth-order valence-corrected chi connectivity index (χ4v) is 14.0. The first kappa shape index (κ1) is 112. The second-order valence-electron chi connectivity index (χ2n) is 30.7. The van der Waals surface area contributed by atoms with Crippen molar-refractivity contribution in [2.24, 2.45) is 0 Å². The Hall–Kier alpha value is -5.09. The van der Waals surface area contributed by atoms with Crippen molar-refractivity contribution in [3.8, 4) is 0 Å². The number of aliphatic hydroxyl groups is 2. The number of allylic oxidation sites excluding steroid dienone is 28. The summed E-state index contributed by atoms with van der Waals surface area (Å²) in [6.45, 7) is 2.45. The minimum Gasteiger partial charge on any atom is -0.463 e. The van der Waals surface area contributed by atoms with E-state index in [0.29, 0.717) is 19.3 Å². The van der Waals surface area contributed by atoms with Crippen LogP contribution in [0.15, 0.2) is 170 Å². The second-order valence-corrected chi connectivity index (χ2v) is 33.6. The average Bonchev–Trinajstić information content (AvgIpc) is 0.924. The van der Waals surface area contributed by atoms with Gasteiger partial charge in [-0.05, 0) is 154 Å². The van der Waals surface area contributed by atoms with E-state index in [0.717, 1.165) is 180 Å². The number of carbonyl (C=O) groups is 3. The molecule has 0 aromatic rings. The Balaban J connectivity index is 4.59. The van der Waals surface area contributed by atoms with E-state index < -0.39 is 91.5 Å². The molecule has 0 aromatic heterocycles. The van der Waals surface area contributed by atoms with Gasteiger partial charge in [-0.25, -0.2) is 9.13 Å².